The molecule has 1 heterocycles. The molecule has 0 unspecified atom stereocenters. The minimum absolute atomic E-state index is 0.263. The van der Waals surface area contributed by atoms with Crippen LogP contribution in [0.15, 0.2) is 42.7 Å². The molecule has 1 N–H and O–H groups in total. The van der Waals surface area contributed by atoms with Crippen LogP contribution in [0.4, 0.5) is 0 Å². The van der Waals surface area contributed by atoms with Crippen molar-refractivity contribution in [3.05, 3.63) is 59.4 Å². The van der Waals surface area contributed by atoms with Gasteiger partial charge < -0.3 is 10.1 Å². The lowest BCUT2D eigenvalue weighted by Crippen LogP contribution is -2.18. The molecule has 0 amide bonds. The van der Waals surface area contributed by atoms with E-state index in [9.17, 15) is 0 Å². The number of pyridine rings is 1. The molecule has 0 fully saturated rings. The quantitative estimate of drug-likeness (QED) is 0.891. The van der Waals surface area contributed by atoms with Crippen molar-refractivity contribution in [2.45, 2.75) is 26.4 Å². The predicted molar refractivity (Wildman–Crippen MR) is 77.2 cm³/mol. The maximum absolute atomic E-state index is 5.39. The van der Waals surface area contributed by atoms with E-state index < -0.39 is 0 Å². The third kappa shape index (κ3) is 3.55. The first-order valence-electron chi connectivity index (χ1n) is 6.47. The first-order chi connectivity index (χ1) is 9.20. The van der Waals surface area contributed by atoms with E-state index in [1.54, 1.807) is 13.3 Å². The summed E-state index contributed by atoms with van der Waals surface area (Å²) in [5.74, 6) is 0.927. The van der Waals surface area contributed by atoms with Gasteiger partial charge in [0.1, 0.15) is 5.75 Å². The Bertz CT molecular complexity index is 526. The molecule has 0 saturated heterocycles. The summed E-state index contributed by atoms with van der Waals surface area (Å²) in [5.41, 5.74) is 3.61. The highest BCUT2D eigenvalue weighted by Gasteiger charge is 2.07. The van der Waals surface area contributed by atoms with Gasteiger partial charge in [0, 0.05) is 30.5 Å². The van der Waals surface area contributed by atoms with Crippen LogP contribution in [0.5, 0.6) is 5.75 Å². The molecular weight excluding hydrogens is 236 g/mol. The Morgan fingerprint density at radius 3 is 2.84 bits per heavy atom. The molecule has 3 heteroatoms. The summed E-state index contributed by atoms with van der Waals surface area (Å²) in [6, 6.07) is 10.5. The van der Waals surface area contributed by atoms with Crippen molar-refractivity contribution >= 4 is 0 Å². The zero-order chi connectivity index (χ0) is 13.7. The normalized spacial score (nSPS) is 12.2. The molecule has 0 saturated carbocycles. The van der Waals surface area contributed by atoms with Gasteiger partial charge in [0.25, 0.3) is 0 Å². The van der Waals surface area contributed by atoms with Crippen molar-refractivity contribution in [2.75, 3.05) is 7.11 Å². The van der Waals surface area contributed by atoms with Crippen LogP contribution >= 0.6 is 0 Å². The van der Waals surface area contributed by atoms with Gasteiger partial charge in [0.2, 0.25) is 0 Å². The van der Waals surface area contributed by atoms with E-state index in [0.717, 1.165) is 12.3 Å². The average molecular weight is 256 g/mol. The maximum atomic E-state index is 5.39. The summed E-state index contributed by atoms with van der Waals surface area (Å²) in [5, 5.41) is 3.50. The molecule has 1 aromatic carbocycles. The molecule has 0 aliphatic heterocycles. The van der Waals surface area contributed by atoms with E-state index in [1.807, 2.05) is 18.3 Å². The Labute approximate surface area is 114 Å². The minimum atomic E-state index is 0.263. The second-order valence-electron chi connectivity index (χ2n) is 4.70. The number of rotatable bonds is 5. The third-order valence-corrected chi connectivity index (χ3v) is 3.22. The summed E-state index contributed by atoms with van der Waals surface area (Å²) in [6.45, 7) is 5.01. The van der Waals surface area contributed by atoms with E-state index in [-0.39, 0.29) is 6.04 Å². The summed E-state index contributed by atoms with van der Waals surface area (Å²) >= 11 is 0. The number of aromatic nitrogens is 1. The summed E-state index contributed by atoms with van der Waals surface area (Å²) < 4.78 is 5.39. The molecule has 1 aromatic heterocycles. The Morgan fingerprint density at radius 2 is 2.16 bits per heavy atom. The van der Waals surface area contributed by atoms with Crippen LogP contribution in [0.2, 0.25) is 0 Å². The van der Waals surface area contributed by atoms with Gasteiger partial charge in [-0.05, 0) is 31.5 Å². The number of aryl methyl sites for hydroxylation is 1. The molecule has 0 radical (unpaired) electrons. The van der Waals surface area contributed by atoms with Crippen LogP contribution in [-0.4, -0.2) is 12.1 Å². The minimum Gasteiger partial charge on any atom is -0.496 e. The lowest BCUT2D eigenvalue weighted by atomic mass is 10.1. The second-order valence-corrected chi connectivity index (χ2v) is 4.70. The number of methoxy groups -OCH3 is 1. The standard InChI is InChI=1S/C16H20N2O/c1-12-6-7-16(19-3)15(9-12)11-18-13(2)14-5-4-8-17-10-14/h4-10,13,18H,11H2,1-3H3/t13-/m0/s1. The second kappa shape index (κ2) is 6.34. The predicted octanol–water partition coefficient (Wildman–Crippen LogP) is 3.25. The van der Waals surface area contributed by atoms with Gasteiger partial charge in [0.15, 0.2) is 0 Å². The lowest BCUT2D eigenvalue weighted by Gasteiger charge is -2.16. The van der Waals surface area contributed by atoms with Gasteiger partial charge in [0.05, 0.1) is 7.11 Å². The number of hydrogen-bond donors (Lipinski definition) is 1. The molecule has 19 heavy (non-hydrogen) atoms. The van der Waals surface area contributed by atoms with Crippen molar-refractivity contribution in [1.29, 1.82) is 0 Å². The Morgan fingerprint density at radius 1 is 1.32 bits per heavy atom. The van der Waals surface area contributed by atoms with Crippen molar-refractivity contribution < 1.29 is 4.74 Å². The average Bonchev–Trinajstić information content (AvgIpc) is 2.46. The van der Waals surface area contributed by atoms with Crippen molar-refractivity contribution in [2.24, 2.45) is 0 Å². The lowest BCUT2D eigenvalue weighted by molar-refractivity contribution is 0.406. The molecular formula is C16H20N2O. The van der Waals surface area contributed by atoms with Gasteiger partial charge in [-0.1, -0.05) is 23.8 Å². The molecule has 0 bridgehead atoms. The highest BCUT2D eigenvalue weighted by molar-refractivity contribution is 5.36. The van der Waals surface area contributed by atoms with Crippen molar-refractivity contribution in [1.82, 2.24) is 10.3 Å². The molecule has 0 aliphatic rings. The maximum Gasteiger partial charge on any atom is 0.123 e. The van der Waals surface area contributed by atoms with Crippen LogP contribution in [-0.2, 0) is 6.54 Å². The molecule has 0 spiro atoms. The Balaban J connectivity index is 2.04. The first-order valence-corrected chi connectivity index (χ1v) is 6.47. The van der Waals surface area contributed by atoms with Gasteiger partial charge >= 0.3 is 0 Å². The molecule has 2 rings (SSSR count). The van der Waals surface area contributed by atoms with E-state index >= 15 is 0 Å². The fourth-order valence-electron chi connectivity index (χ4n) is 2.06. The smallest absolute Gasteiger partial charge is 0.123 e. The Hall–Kier alpha value is -1.87. The van der Waals surface area contributed by atoms with Crippen LogP contribution < -0.4 is 10.1 Å². The van der Waals surface area contributed by atoms with E-state index in [0.29, 0.717) is 0 Å². The number of benzene rings is 1. The van der Waals surface area contributed by atoms with Crippen LogP contribution in [0.3, 0.4) is 0 Å². The molecule has 3 nitrogen and oxygen atoms in total. The third-order valence-electron chi connectivity index (χ3n) is 3.22. The molecule has 2 aromatic rings. The van der Waals surface area contributed by atoms with Crippen molar-refractivity contribution in [3.63, 3.8) is 0 Å². The molecule has 1 atom stereocenters. The molecule has 100 valence electrons. The van der Waals surface area contributed by atoms with Crippen LogP contribution in [0.1, 0.15) is 29.7 Å². The zero-order valence-corrected chi connectivity index (χ0v) is 11.7. The Kier molecular flexibility index (Phi) is 4.53. The zero-order valence-electron chi connectivity index (χ0n) is 11.7. The van der Waals surface area contributed by atoms with E-state index in [2.05, 4.69) is 42.3 Å². The fourth-order valence-corrected chi connectivity index (χ4v) is 2.06. The van der Waals surface area contributed by atoms with Gasteiger partial charge in [-0.2, -0.15) is 0 Å². The highest BCUT2D eigenvalue weighted by Crippen LogP contribution is 2.20. The van der Waals surface area contributed by atoms with Crippen LogP contribution in [0.25, 0.3) is 0 Å². The number of ether oxygens (including phenoxy) is 1. The SMILES string of the molecule is COc1ccc(C)cc1CN[C@@H](C)c1cccnc1. The number of nitrogens with zero attached hydrogens (tertiary/aromatic N) is 1. The van der Waals surface area contributed by atoms with Crippen molar-refractivity contribution in [3.8, 4) is 5.75 Å². The molecule has 0 aliphatic carbocycles. The van der Waals surface area contributed by atoms with E-state index in [1.165, 1.54) is 16.7 Å². The topological polar surface area (TPSA) is 34.1 Å². The van der Waals surface area contributed by atoms with Gasteiger partial charge in [-0.3, -0.25) is 4.98 Å². The largest absolute Gasteiger partial charge is 0.496 e. The number of nitrogens with one attached hydrogen (secondary N) is 1. The van der Waals surface area contributed by atoms with Gasteiger partial charge in [-0.25, -0.2) is 0 Å². The summed E-state index contributed by atoms with van der Waals surface area (Å²) in [6.07, 6.45) is 3.69. The number of hydrogen-bond acceptors (Lipinski definition) is 3. The van der Waals surface area contributed by atoms with Gasteiger partial charge in [-0.15, -0.1) is 0 Å². The summed E-state index contributed by atoms with van der Waals surface area (Å²) in [7, 11) is 1.71. The fraction of sp³-hybridized carbons (Fsp3) is 0.312. The monoisotopic (exact) mass is 256 g/mol. The van der Waals surface area contributed by atoms with E-state index in [4.69, 9.17) is 4.74 Å². The van der Waals surface area contributed by atoms with Crippen LogP contribution in [0, 0.1) is 6.92 Å². The first kappa shape index (κ1) is 13.6. The highest BCUT2D eigenvalue weighted by atomic mass is 16.5. The summed E-state index contributed by atoms with van der Waals surface area (Å²) in [4.78, 5) is 4.14.